The van der Waals surface area contributed by atoms with Gasteiger partial charge in [-0.3, -0.25) is 4.79 Å². The number of pyridine rings is 1. The van der Waals surface area contributed by atoms with Gasteiger partial charge in [-0.15, -0.1) is 0 Å². The van der Waals surface area contributed by atoms with Gasteiger partial charge in [0.15, 0.2) is 5.43 Å². The van der Waals surface area contributed by atoms with Gasteiger partial charge in [-0.05, 0) is 89.7 Å². The SMILES string of the molecule is Cc1ccc2c(c1)C1(c3ccccc3-c3ccccc31)c1cc([Si](C)(C)C)ccc1N2c1ccc2c(c1)c(=O)c(C)cn2-c1ccccc1. The Bertz CT molecular complexity index is 2490. The first kappa shape index (κ1) is 29.7. The molecule has 1 aliphatic carbocycles. The lowest BCUT2D eigenvalue weighted by molar-refractivity contribution is 0.752. The van der Waals surface area contributed by atoms with Crippen molar-refractivity contribution in [2.45, 2.75) is 38.9 Å². The van der Waals surface area contributed by atoms with Gasteiger partial charge in [-0.2, -0.15) is 0 Å². The molecule has 4 heteroatoms. The van der Waals surface area contributed by atoms with Crippen LogP contribution in [-0.4, -0.2) is 12.6 Å². The van der Waals surface area contributed by atoms with Gasteiger partial charge < -0.3 is 9.47 Å². The summed E-state index contributed by atoms with van der Waals surface area (Å²) in [6, 6.07) is 48.8. The van der Waals surface area contributed by atoms with Crippen LogP contribution in [-0.2, 0) is 5.41 Å². The number of para-hydroxylation sites is 1. The Labute approximate surface area is 288 Å². The number of nitrogens with zero attached hydrogens (tertiary/aromatic N) is 2. The number of anilines is 3. The number of aryl methyl sites for hydroxylation is 2. The first-order valence-corrected chi connectivity index (χ1v) is 20.6. The Morgan fingerprint density at radius 2 is 1.18 bits per heavy atom. The summed E-state index contributed by atoms with van der Waals surface area (Å²) in [5, 5.41) is 2.15. The summed E-state index contributed by atoms with van der Waals surface area (Å²) in [5.41, 5.74) is 14.6. The van der Waals surface area contributed by atoms with Crippen molar-refractivity contribution < 1.29 is 0 Å². The standard InChI is InChI=1S/C45H38N2OSi/c1-29-19-22-42-39(25-29)45(37-17-11-9-15-34(37)35-16-10-12-18-38(35)45)40-27-33(49(3,4)5)21-24-43(40)47(42)32-20-23-41-36(26-32)44(48)30(2)28-46(41)31-13-7-6-8-14-31/h6-28H,1-5H3. The number of aromatic nitrogens is 1. The van der Waals surface area contributed by atoms with E-state index in [0.29, 0.717) is 5.39 Å². The summed E-state index contributed by atoms with van der Waals surface area (Å²) in [5.74, 6) is 0. The average Bonchev–Trinajstić information content (AvgIpc) is 3.41. The lowest BCUT2D eigenvalue weighted by atomic mass is 9.64. The van der Waals surface area contributed by atoms with Gasteiger partial charge >= 0.3 is 0 Å². The molecule has 6 aromatic carbocycles. The van der Waals surface area contributed by atoms with Crippen LogP contribution < -0.4 is 15.5 Å². The number of hydrogen-bond acceptors (Lipinski definition) is 2. The second kappa shape index (κ2) is 10.5. The van der Waals surface area contributed by atoms with Gasteiger partial charge in [0, 0.05) is 28.5 Å². The van der Waals surface area contributed by atoms with Crippen LogP contribution in [0.1, 0.15) is 33.4 Å². The molecule has 9 rings (SSSR count). The molecular weight excluding hydrogens is 613 g/mol. The van der Waals surface area contributed by atoms with Crippen LogP contribution in [0.3, 0.4) is 0 Å². The molecule has 7 aromatic rings. The molecule has 0 saturated carbocycles. The lowest BCUT2D eigenvalue weighted by Crippen LogP contribution is -2.42. The van der Waals surface area contributed by atoms with E-state index in [0.717, 1.165) is 33.8 Å². The van der Waals surface area contributed by atoms with Crippen molar-refractivity contribution in [3.05, 3.63) is 183 Å². The quantitative estimate of drug-likeness (QED) is 0.178. The fourth-order valence-electron chi connectivity index (χ4n) is 8.40. The maximum absolute atomic E-state index is 13.9. The zero-order valence-corrected chi connectivity index (χ0v) is 29.6. The van der Waals surface area contributed by atoms with Gasteiger partial charge in [0.2, 0.25) is 0 Å². The number of benzene rings is 6. The van der Waals surface area contributed by atoms with E-state index in [1.165, 1.54) is 44.1 Å². The van der Waals surface area contributed by atoms with Crippen molar-refractivity contribution in [1.82, 2.24) is 4.57 Å². The van der Waals surface area contributed by atoms with Crippen LogP contribution in [0.15, 0.2) is 144 Å². The van der Waals surface area contributed by atoms with Gasteiger partial charge in [0.1, 0.15) is 0 Å². The van der Waals surface area contributed by atoms with Crippen LogP contribution in [0.5, 0.6) is 0 Å². The molecule has 0 atom stereocenters. The summed E-state index contributed by atoms with van der Waals surface area (Å²) >= 11 is 0. The molecule has 2 aliphatic rings. The van der Waals surface area contributed by atoms with E-state index >= 15 is 0 Å². The molecule has 0 fully saturated rings. The highest BCUT2D eigenvalue weighted by Gasteiger charge is 2.52. The Morgan fingerprint density at radius 1 is 0.571 bits per heavy atom. The molecule has 0 radical (unpaired) electrons. The van der Waals surface area contributed by atoms with E-state index in [-0.39, 0.29) is 5.43 Å². The molecule has 2 heterocycles. The molecule has 238 valence electrons. The van der Waals surface area contributed by atoms with Gasteiger partial charge in [0.05, 0.1) is 30.4 Å². The van der Waals surface area contributed by atoms with Crippen molar-refractivity contribution in [3.8, 4) is 16.8 Å². The molecule has 49 heavy (non-hydrogen) atoms. The van der Waals surface area contributed by atoms with Crippen LogP contribution in [0, 0.1) is 13.8 Å². The Kier molecular flexibility index (Phi) is 6.37. The zero-order valence-electron chi connectivity index (χ0n) is 28.6. The molecule has 1 spiro atoms. The van der Waals surface area contributed by atoms with E-state index in [4.69, 9.17) is 0 Å². The molecule has 0 saturated heterocycles. The average molecular weight is 651 g/mol. The summed E-state index contributed by atoms with van der Waals surface area (Å²) in [4.78, 5) is 16.3. The van der Waals surface area contributed by atoms with Gasteiger partial charge in [-0.25, -0.2) is 0 Å². The molecule has 0 unspecified atom stereocenters. The second-order valence-corrected chi connectivity index (χ2v) is 19.8. The Balaban J connectivity index is 1.39. The first-order valence-electron chi connectivity index (χ1n) is 17.1. The number of fused-ring (bicyclic) bond motifs is 10. The normalized spacial score (nSPS) is 14.0. The predicted molar refractivity (Wildman–Crippen MR) is 208 cm³/mol. The predicted octanol–water partition coefficient (Wildman–Crippen LogP) is 10.3. The van der Waals surface area contributed by atoms with E-state index in [1.54, 1.807) is 0 Å². The highest BCUT2D eigenvalue weighted by Crippen LogP contribution is 2.63. The third-order valence-corrected chi connectivity index (χ3v) is 12.8. The Morgan fingerprint density at radius 3 is 1.86 bits per heavy atom. The highest BCUT2D eigenvalue weighted by atomic mass is 28.3. The van der Waals surface area contributed by atoms with E-state index in [2.05, 4.69) is 151 Å². The Hall–Kier alpha value is -5.45. The topological polar surface area (TPSA) is 25.2 Å². The smallest absolute Gasteiger partial charge is 0.192 e. The maximum Gasteiger partial charge on any atom is 0.192 e. The fourth-order valence-corrected chi connectivity index (χ4v) is 9.56. The third kappa shape index (κ3) is 4.17. The molecule has 0 amide bonds. The summed E-state index contributed by atoms with van der Waals surface area (Å²) in [7, 11) is -1.70. The summed E-state index contributed by atoms with van der Waals surface area (Å²) in [6.07, 6.45) is 1.96. The molecule has 3 nitrogen and oxygen atoms in total. The number of hydrogen-bond donors (Lipinski definition) is 0. The summed E-state index contributed by atoms with van der Waals surface area (Å²) in [6.45, 7) is 11.4. The maximum atomic E-state index is 13.9. The van der Waals surface area contributed by atoms with Crippen molar-refractivity contribution >= 4 is 41.2 Å². The van der Waals surface area contributed by atoms with Crippen molar-refractivity contribution in [1.29, 1.82) is 0 Å². The van der Waals surface area contributed by atoms with E-state index in [9.17, 15) is 4.79 Å². The molecule has 0 bridgehead atoms. The van der Waals surface area contributed by atoms with Gasteiger partial charge in [-0.1, -0.05) is 121 Å². The summed E-state index contributed by atoms with van der Waals surface area (Å²) < 4.78 is 2.14. The zero-order chi connectivity index (χ0) is 33.7. The minimum absolute atomic E-state index is 0.0644. The largest absolute Gasteiger partial charge is 0.316 e. The monoisotopic (exact) mass is 650 g/mol. The molecule has 1 aromatic heterocycles. The van der Waals surface area contributed by atoms with Gasteiger partial charge in [0.25, 0.3) is 0 Å². The van der Waals surface area contributed by atoms with Crippen LogP contribution >= 0.6 is 0 Å². The molecule has 0 N–H and O–H groups in total. The second-order valence-electron chi connectivity index (χ2n) is 14.7. The van der Waals surface area contributed by atoms with Crippen molar-refractivity contribution in [3.63, 3.8) is 0 Å². The van der Waals surface area contributed by atoms with E-state index in [1.807, 2.05) is 31.3 Å². The van der Waals surface area contributed by atoms with Crippen molar-refractivity contribution in [2.75, 3.05) is 4.90 Å². The highest BCUT2D eigenvalue weighted by molar-refractivity contribution is 6.88. The lowest BCUT2D eigenvalue weighted by Gasteiger charge is -2.45. The third-order valence-electron chi connectivity index (χ3n) is 10.7. The molecule has 1 aliphatic heterocycles. The minimum Gasteiger partial charge on any atom is -0.316 e. The van der Waals surface area contributed by atoms with Crippen molar-refractivity contribution in [2.24, 2.45) is 0 Å². The van der Waals surface area contributed by atoms with E-state index < -0.39 is 13.5 Å². The minimum atomic E-state index is -1.70. The fraction of sp³-hybridized carbons (Fsp3) is 0.133. The molecular formula is C45H38N2OSi. The first-order chi connectivity index (χ1) is 23.7. The number of rotatable bonds is 3. The van der Waals surface area contributed by atoms with Crippen LogP contribution in [0.25, 0.3) is 27.7 Å². The van der Waals surface area contributed by atoms with Crippen LogP contribution in [0.4, 0.5) is 17.1 Å². The van der Waals surface area contributed by atoms with Crippen LogP contribution in [0.2, 0.25) is 19.6 Å².